The van der Waals surface area contributed by atoms with Gasteiger partial charge in [-0.25, -0.2) is 26.6 Å². The number of benzene rings is 3. The van der Waals surface area contributed by atoms with E-state index in [2.05, 4.69) is 26.3 Å². The summed E-state index contributed by atoms with van der Waals surface area (Å²) >= 11 is 1.16. The predicted molar refractivity (Wildman–Crippen MR) is 253 cm³/mol. The molecule has 0 saturated carbocycles. The Balaban J connectivity index is 0.805. The fraction of sp³-hybridized carbons (Fsp3) is 0.391. The summed E-state index contributed by atoms with van der Waals surface area (Å²) in [5.41, 5.74) is 4.37. The van der Waals surface area contributed by atoms with Gasteiger partial charge in [0.05, 0.1) is 39.6 Å². The van der Waals surface area contributed by atoms with Crippen molar-refractivity contribution >= 4 is 77.7 Å². The Kier molecular flexibility index (Phi) is 15.2. The molecule has 20 heteroatoms. The van der Waals surface area contributed by atoms with Gasteiger partial charge in [0.15, 0.2) is 5.13 Å². The van der Waals surface area contributed by atoms with Crippen LogP contribution in [0.25, 0.3) is 33.2 Å². The van der Waals surface area contributed by atoms with E-state index in [1.165, 1.54) is 22.9 Å². The lowest BCUT2D eigenvalue weighted by Gasteiger charge is -2.22. The van der Waals surface area contributed by atoms with Gasteiger partial charge in [0.25, 0.3) is 5.91 Å². The van der Waals surface area contributed by atoms with Crippen LogP contribution in [0.4, 0.5) is 15.2 Å². The standard InChI is InChI=1S/C46H54FN9O8S2/c1-29(2)66(62,63)55-27-35(34-13-5-6-14-37(34)55)43(59)49-26-41(58)52-45-50-36(28-65-45)31-23-32(47)25-33(24-31)53(3)20-10-22-64-21-9-19-48-18-8-12-30-11-7-15-38-42(30)54(4)46(61)56(38)39-16-17-40(57)51-44(39)60/h5-7,11,13-15,23-25,27-29,39,48H,8-10,12,16-22,26H2,1-4H3,(H,49,59)(H,50,52,58)(H,51,57,60). The Labute approximate surface area is 385 Å². The SMILES string of the molecule is CC(C)S(=O)(=O)n1cc(C(=O)NCC(=O)Nc2nc(-c3cc(F)cc(N(C)CCCOCCCNCCCc4cccc5c4n(C)c(=O)n5C4CCC(=O)NC4=O)c3)cs2)c2ccccc21. The monoisotopic (exact) mass is 943 g/mol. The highest BCUT2D eigenvalue weighted by Crippen LogP contribution is 2.30. The zero-order valence-corrected chi connectivity index (χ0v) is 38.9. The van der Waals surface area contributed by atoms with E-state index in [4.69, 9.17) is 4.74 Å². The van der Waals surface area contributed by atoms with Gasteiger partial charge in [0.2, 0.25) is 27.7 Å². The van der Waals surface area contributed by atoms with E-state index in [0.717, 1.165) is 65.2 Å². The van der Waals surface area contributed by atoms with Gasteiger partial charge in [-0.3, -0.25) is 33.6 Å². The van der Waals surface area contributed by atoms with Crippen molar-refractivity contribution in [3.63, 3.8) is 0 Å². The van der Waals surface area contributed by atoms with E-state index in [-0.39, 0.29) is 28.7 Å². The zero-order chi connectivity index (χ0) is 47.1. The first-order valence-electron chi connectivity index (χ1n) is 21.8. The summed E-state index contributed by atoms with van der Waals surface area (Å²) in [4.78, 5) is 69.8. The Morgan fingerprint density at radius 3 is 2.56 bits per heavy atom. The Bertz CT molecular complexity index is 2940. The number of anilines is 2. The van der Waals surface area contributed by atoms with Gasteiger partial charge in [0.1, 0.15) is 11.9 Å². The number of para-hydroxylation sites is 2. The molecule has 7 rings (SSSR count). The zero-order valence-electron chi connectivity index (χ0n) is 37.3. The van der Waals surface area contributed by atoms with Crippen LogP contribution in [0.3, 0.4) is 0 Å². The molecule has 0 radical (unpaired) electrons. The number of hydrogen-bond donors (Lipinski definition) is 4. The van der Waals surface area contributed by atoms with Crippen LogP contribution in [0.2, 0.25) is 0 Å². The quantitative estimate of drug-likeness (QED) is 0.0561. The van der Waals surface area contributed by atoms with Crippen molar-refractivity contribution in [2.75, 3.05) is 56.7 Å². The summed E-state index contributed by atoms with van der Waals surface area (Å²) in [6.45, 7) is 6.02. The number of aryl methyl sites for hydroxylation is 2. The molecule has 1 atom stereocenters. The van der Waals surface area contributed by atoms with E-state index in [1.807, 2.05) is 36.2 Å². The van der Waals surface area contributed by atoms with Crippen LogP contribution in [0.5, 0.6) is 0 Å². The second-order valence-corrected chi connectivity index (χ2v) is 19.7. The largest absolute Gasteiger partial charge is 0.381 e. The van der Waals surface area contributed by atoms with Crippen LogP contribution in [-0.4, -0.2) is 102 Å². The van der Waals surface area contributed by atoms with Crippen LogP contribution in [-0.2, 0) is 42.6 Å². The molecule has 1 fully saturated rings. The maximum absolute atomic E-state index is 14.9. The van der Waals surface area contributed by atoms with Crippen molar-refractivity contribution in [1.82, 2.24) is 34.0 Å². The third-order valence-electron chi connectivity index (χ3n) is 11.5. The van der Waals surface area contributed by atoms with Gasteiger partial charge in [0, 0.05) is 68.5 Å². The van der Waals surface area contributed by atoms with Crippen molar-refractivity contribution < 1.29 is 36.7 Å². The molecule has 4 amide bonds. The molecule has 17 nitrogen and oxygen atoms in total. The fourth-order valence-electron chi connectivity index (χ4n) is 8.01. The van der Waals surface area contributed by atoms with E-state index < -0.39 is 51.4 Å². The number of carbonyl (C=O) groups is 4. The number of imide groups is 1. The lowest BCUT2D eigenvalue weighted by Crippen LogP contribution is -2.44. The molecule has 350 valence electrons. The van der Waals surface area contributed by atoms with Gasteiger partial charge in [-0.05, 0) is 94.9 Å². The molecular formula is C46H54FN9O8S2. The molecule has 66 heavy (non-hydrogen) atoms. The Morgan fingerprint density at radius 2 is 1.77 bits per heavy atom. The lowest BCUT2D eigenvalue weighted by atomic mass is 10.0. The number of rotatable bonds is 21. The molecular weight excluding hydrogens is 890 g/mol. The molecule has 1 unspecified atom stereocenters. The number of hydrogen-bond acceptors (Lipinski definition) is 12. The number of nitrogens with zero attached hydrogens (tertiary/aromatic N) is 5. The maximum Gasteiger partial charge on any atom is 0.329 e. The van der Waals surface area contributed by atoms with Crippen LogP contribution in [0, 0.1) is 5.82 Å². The molecule has 4 heterocycles. The molecule has 6 aromatic rings. The smallest absolute Gasteiger partial charge is 0.329 e. The fourth-order valence-corrected chi connectivity index (χ4v) is 9.88. The van der Waals surface area contributed by atoms with Crippen molar-refractivity contribution in [2.24, 2.45) is 7.05 Å². The summed E-state index contributed by atoms with van der Waals surface area (Å²) in [7, 11) is -0.159. The molecule has 0 bridgehead atoms. The first-order valence-corrected chi connectivity index (χ1v) is 24.2. The average Bonchev–Trinajstić information content (AvgIpc) is 3.99. The third kappa shape index (κ3) is 10.7. The van der Waals surface area contributed by atoms with Gasteiger partial charge >= 0.3 is 5.69 Å². The highest BCUT2D eigenvalue weighted by atomic mass is 32.2. The van der Waals surface area contributed by atoms with Gasteiger partial charge in [-0.15, -0.1) is 11.3 Å². The van der Waals surface area contributed by atoms with E-state index in [1.54, 1.807) is 55.1 Å². The maximum atomic E-state index is 14.9. The normalized spacial score (nSPS) is 14.3. The highest BCUT2D eigenvalue weighted by molar-refractivity contribution is 7.90. The summed E-state index contributed by atoms with van der Waals surface area (Å²) in [5.74, 6) is -2.36. The van der Waals surface area contributed by atoms with E-state index in [9.17, 15) is 36.8 Å². The van der Waals surface area contributed by atoms with Crippen LogP contribution in [0.1, 0.15) is 67.9 Å². The first-order chi connectivity index (χ1) is 31.6. The second-order valence-electron chi connectivity index (χ2n) is 16.5. The Hall–Kier alpha value is -6.22. The molecule has 0 aliphatic carbocycles. The number of aromatic nitrogens is 4. The molecule has 3 aromatic carbocycles. The van der Waals surface area contributed by atoms with E-state index in [0.29, 0.717) is 59.5 Å². The minimum Gasteiger partial charge on any atom is -0.381 e. The molecule has 1 saturated heterocycles. The van der Waals surface area contributed by atoms with Crippen molar-refractivity contribution in [3.05, 3.63) is 99.7 Å². The topological polar surface area (TPSA) is 208 Å². The predicted octanol–water partition coefficient (Wildman–Crippen LogP) is 4.95. The minimum absolute atomic E-state index is 0.124. The van der Waals surface area contributed by atoms with Crippen LogP contribution < -0.4 is 31.9 Å². The summed E-state index contributed by atoms with van der Waals surface area (Å²) in [5, 5.41) is 12.7. The number of fused-ring (bicyclic) bond motifs is 2. The molecule has 4 N–H and O–H groups in total. The number of amides is 4. The lowest BCUT2D eigenvalue weighted by molar-refractivity contribution is -0.135. The summed E-state index contributed by atoms with van der Waals surface area (Å²) < 4.78 is 50.8. The second kappa shape index (κ2) is 21.0. The van der Waals surface area contributed by atoms with Gasteiger partial charge in [-0.2, -0.15) is 0 Å². The molecule has 1 aliphatic rings. The Morgan fingerprint density at radius 1 is 1.02 bits per heavy atom. The van der Waals surface area contributed by atoms with E-state index >= 15 is 0 Å². The average molecular weight is 944 g/mol. The number of nitrogens with one attached hydrogen (secondary N) is 4. The molecule has 1 aliphatic heterocycles. The van der Waals surface area contributed by atoms with Crippen LogP contribution >= 0.6 is 11.3 Å². The highest BCUT2D eigenvalue weighted by Gasteiger charge is 2.32. The number of carbonyl (C=O) groups excluding carboxylic acids is 4. The van der Waals surface area contributed by atoms with Crippen molar-refractivity contribution in [2.45, 2.75) is 63.7 Å². The number of halogens is 1. The van der Waals surface area contributed by atoms with Gasteiger partial charge < -0.3 is 25.6 Å². The summed E-state index contributed by atoms with van der Waals surface area (Å²) in [6.07, 6.45) is 4.90. The number of piperidine rings is 1. The number of thiazole rings is 1. The summed E-state index contributed by atoms with van der Waals surface area (Å²) in [6, 6.07) is 16.3. The number of ether oxygens (including phenoxy) is 1. The minimum atomic E-state index is -3.74. The first kappa shape index (κ1) is 47.7. The van der Waals surface area contributed by atoms with Crippen LogP contribution in [0.15, 0.2) is 77.0 Å². The van der Waals surface area contributed by atoms with Gasteiger partial charge in [-0.1, -0.05) is 30.3 Å². The third-order valence-corrected chi connectivity index (χ3v) is 14.3. The molecule has 0 spiro atoms. The molecule has 3 aromatic heterocycles. The number of imidazole rings is 1. The van der Waals surface area contributed by atoms with Crippen molar-refractivity contribution in [3.8, 4) is 11.3 Å². The van der Waals surface area contributed by atoms with Crippen molar-refractivity contribution in [1.29, 1.82) is 0 Å².